The van der Waals surface area contributed by atoms with Gasteiger partial charge in [0.25, 0.3) is 0 Å². The van der Waals surface area contributed by atoms with Gasteiger partial charge in [0.15, 0.2) is 5.78 Å². The lowest BCUT2D eigenvalue weighted by atomic mass is 10.1. The third-order valence-corrected chi connectivity index (χ3v) is 3.99. The SMILES string of the molecule is CCCc1ccc(OCCCC(=O)c2cccs2)cc1. The van der Waals surface area contributed by atoms with Gasteiger partial charge in [0.1, 0.15) is 5.75 Å². The first-order valence-electron chi connectivity index (χ1n) is 7.08. The second-order valence-corrected chi connectivity index (χ2v) is 5.69. The Labute approximate surface area is 124 Å². The summed E-state index contributed by atoms with van der Waals surface area (Å²) in [6.07, 6.45) is 3.57. The van der Waals surface area contributed by atoms with Gasteiger partial charge in [-0.2, -0.15) is 0 Å². The fourth-order valence-corrected chi connectivity index (χ4v) is 2.72. The zero-order valence-corrected chi connectivity index (χ0v) is 12.6. The normalized spacial score (nSPS) is 10.4. The number of benzene rings is 1. The highest BCUT2D eigenvalue weighted by Gasteiger charge is 2.06. The molecule has 0 spiro atoms. The first-order chi connectivity index (χ1) is 9.79. The maximum atomic E-state index is 11.8. The topological polar surface area (TPSA) is 26.3 Å². The third kappa shape index (κ3) is 4.49. The van der Waals surface area contributed by atoms with Gasteiger partial charge in [-0.3, -0.25) is 4.79 Å². The van der Waals surface area contributed by atoms with Crippen LogP contribution in [0.25, 0.3) is 0 Å². The van der Waals surface area contributed by atoms with E-state index in [-0.39, 0.29) is 5.78 Å². The molecule has 0 aliphatic heterocycles. The smallest absolute Gasteiger partial charge is 0.172 e. The van der Waals surface area contributed by atoms with E-state index in [9.17, 15) is 4.79 Å². The Hall–Kier alpha value is -1.61. The summed E-state index contributed by atoms with van der Waals surface area (Å²) in [5.74, 6) is 1.09. The molecule has 0 saturated carbocycles. The van der Waals surface area contributed by atoms with Crippen molar-refractivity contribution >= 4 is 17.1 Å². The maximum Gasteiger partial charge on any atom is 0.172 e. The van der Waals surface area contributed by atoms with E-state index in [1.165, 1.54) is 16.9 Å². The molecule has 106 valence electrons. The number of aryl methyl sites for hydroxylation is 1. The molecule has 3 heteroatoms. The van der Waals surface area contributed by atoms with E-state index in [1.54, 1.807) is 0 Å². The van der Waals surface area contributed by atoms with Crippen LogP contribution in [0.4, 0.5) is 0 Å². The summed E-state index contributed by atoms with van der Waals surface area (Å²) in [6, 6.07) is 12.0. The van der Waals surface area contributed by atoms with Crippen LogP contribution in [-0.2, 0) is 6.42 Å². The first kappa shape index (κ1) is 14.8. The number of thiophene rings is 1. The van der Waals surface area contributed by atoms with E-state index >= 15 is 0 Å². The summed E-state index contributed by atoms with van der Waals surface area (Å²) in [4.78, 5) is 12.6. The molecule has 2 rings (SSSR count). The van der Waals surface area contributed by atoms with Gasteiger partial charge in [-0.05, 0) is 42.0 Å². The van der Waals surface area contributed by atoms with Crippen molar-refractivity contribution in [3.05, 3.63) is 52.2 Å². The van der Waals surface area contributed by atoms with E-state index < -0.39 is 0 Å². The molecule has 0 amide bonds. The molecule has 0 aliphatic carbocycles. The van der Waals surface area contributed by atoms with Gasteiger partial charge in [-0.15, -0.1) is 11.3 Å². The minimum absolute atomic E-state index is 0.210. The van der Waals surface area contributed by atoms with Crippen molar-refractivity contribution in [2.75, 3.05) is 6.61 Å². The molecule has 20 heavy (non-hydrogen) atoms. The van der Waals surface area contributed by atoms with Gasteiger partial charge in [-0.25, -0.2) is 0 Å². The number of hydrogen-bond donors (Lipinski definition) is 0. The fraction of sp³-hybridized carbons (Fsp3) is 0.353. The highest BCUT2D eigenvalue weighted by atomic mass is 32.1. The average Bonchev–Trinajstić information content (AvgIpc) is 3.00. The summed E-state index contributed by atoms with van der Waals surface area (Å²) in [7, 11) is 0. The molecule has 0 saturated heterocycles. The summed E-state index contributed by atoms with van der Waals surface area (Å²) in [5, 5.41) is 1.93. The van der Waals surface area contributed by atoms with Crippen molar-refractivity contribution < 1.29 is 9.53 Å². The molecule has 2 aromatic rings. The van der Waals surface area contributed by atoms with Crippen LogP contribution in [0.15, 0.2) is 41.8 Å². The molecular weight excluding hydrogens is 268 g/mol. The Morgan fingerprint density at radius 3 is 2.65 bits per heavy atom. The largest absolute Gasteiger partial charge is 0.494 e. The third-order valence-electron chi connectivity index (χ3n) is 3.07. The molecular formula is C17H20O2S. The van der Waals surface area contributed by atoms with Crippen LogP contribution in [-0.4, -0.2) is 12.4 Å². The molecule has 0 radical (unpaired) electrons. The molecule has 0 N–H and O–H groups in total. The first-order valence-corrected chi connectivity index (χ1v) is 7.96. The van der Waals surface area contributed by atoms with Crippen molar-refractivity contribution in [1.29, 1.82) is 0 Å². The number of carbonyl (C=O) groups excluding carboxylic acids is 1. The lowest BCUT2D eigenvalue weighted by Gasteiger charge is -2.06. The van der Waals surface area contributed by atoms with E-state index in [0.717, 1.165) is 29.9 Å². The summed E-state index contributed by atoms with van der Waals surface area (Å²) < 4.78 is 5.66. The number of ketones is 1. The summed E-state index contributed by atoms with van der Waals surface area (Å²) >= 11 is 1.50. The predicted molar refractivity (Wildman–Crippen MR) is 83.8 cm³/mol. The van der Waals surface area contributed by atoms with Crippen molar-refractivity contribution in [3.8, 4) is 5.75 Å². The molecule has 0 unspecified atom stereocenters. The molecule has 1 aromatic carbocycles. The number of rotatable bonds is 8. The number of ether oxygens (including phenoxy) is 1. The van der Waals surface area contributed by atoms with Gasteiger partial charge >= 0.3 is 0 Å². The van der Waals surface area contributed by atoms with Gasteiger partial charge in [0, 0.05) is 6.42 Å². The summed E-state index contributed by atoms with van der Waals surface area (Å²) in [6.45, 7) is 2.76. The van der Waals surface area contributed by atoms with Crippen molar-refractivity contribution in [2.24, 2.45) is 0 Å². The Morgan fingerprint density at radius 1 is 1.20 bits per heavy atom. The van der Waals surface area contributed by atoms with E-state index in [4.69, 9.17) is 4.74 Å². The molecule has 0 aliphatic rings. The highest BCUT2D eigenvalue weighted by Crippen LogP contribution is 2.15. The molecule has 2 nitrogen and oxygen atoms in total. The Morgan fingerprint density at radius 2 is 2.00 bits per heavy atom. The standard InChI is InChI=1S/C17H20O2S/c1-2-5-14-8-10-15(11-9-14)19-12-3-6-16(18)17-7-4-13-20-17/h4,7-11,13H,2-3,5-6,12H2,1H3. The minimum Gasteiger partial charge on any atom is -0.494 e. The molecule has 0 atom stereocenters. The van der Waals surface area contributed by atoms with Crippen LogP contribution in [0, 0.1) is 0 Å². The molecule has 1 heterocycles. The van der Waals surface area contributed by atoms with E-state index in [0.29, 0.717) is 13.0 Å². The van der Waals surface area contributed by atoms with Crippen LogP contribution in [0.5, 0.6) is 5.75 Å². The van der Waals surface area contributed by atoms with Gasteiger partial charge < -0.3 is 4.74 Å². The van der Waals surface area contributed by atoms with Crippen molar-refractivity contribution in [1.82, 2.24) is 0 Å². The van der Waals surface area contributed by atoms with Crippen LogP contribution < -0.4 is 4.74 Å². The van der Waals surface area contributed by atoms with Crippen LogP contribution >= 0.6 is 11.3 Å². The average molecular weight is 288 g/mol. The minimum atomic E-state index is 0.210. The number of hydrogen-bond acceptors (Lipinski definition) is 3. The van der Waals surface area contributed by atoms with Crippen molar-refractivity contribution in [3.63, 3.8) is 0 Å². The second kappa shape index (κ2) is 7.85. The van der Waals surface area contributed by atoms with Crippen LogP contribution in [0.2, 0.25) is 0 Å². The lowest BCUT2D eigenvalue weighted by Crippen LogP contribution is -2.02. The van der Waals surface area contributed by atoms with E-state index in [2.05, 4.69) is 19.1 Å². The Kier molecular flexibility index (Phi) is 5.81. The molecule has 1 aromatic heterocycles. The number of carbonyl (C=O) groups is 1. The van der Waals surface area contributed by atoms with Gasteiger partial charge in [-0.1, -0.05) is 31.5 Å². The Balaban J connectivity index is 1.69. The molecule has 0 bridgehead atoms. The number of Topliss-reactive ketones (excluding diaryl/α,β-unsaturated/α-hetero) is 1. The van der Waals surface area contributed by atoms with Crippen LogP contribution in [0.3, 0.4) is 0 Å². The lowest BCUT2D eigenvalue weighted by molar-refractivity contribution is 0.0977. The fourth-order valence-electron chi connectivity index (χ4n) is 2.02. The van der Waals surface area contributed by atoms with Crippen molar-refractivity contribution in [2.45, 2.75) is 32.6 Å². The second-order valence-electron chi connectivity index (χ2n) is 4.75. The van der Waals surface area contributed by atoms with Gasteiger partial charge in [0.05, 0.1) is 11.5 Å². The predicted octanol–water partition coefficient (Wildman–Crippen LogP) is 4.74. The maximum absolute atomic E-state index is 11.8. The van der Waals surface area contributed by atoms with E-state index in [1.807, 2.05) is 29.6 Å². The van der Waals surface area contributed by atoms with Gasteiger partial charge in [0.2, 0.25) is 0 Å². The quantitative estimate of drug-likeness (QED) is 0.518. The monoisotopic (exact) mass is 288 g/mol. The zero-order valence-electron chi connectivity index (χ0n) is 11.8. The highest BCUT2D eigenvalue weighted by molar-refractivity contribution is 7.12. The summed E-state index contributed by atoms with van der Waals surface area (Å²) in [5.41, 5.74) is 1.34. The zero-order chi connectivity index (χ0) is 14.2. The Bertz CT molecular complexity index is 514. The molecule has 0 fully saturated rings. The van der Waals surface area contributed by atoms with Crippen LogP contribution in [0.1, 0.15) is 41.4 Å².